The van der Waals surface area contributed by atoms with Gasteiger partial charge in [0.05, 0.1) is 48.8 Å². The molecule has 1 spiro atoms. The number of H-pyrrole nitrogens is 2. The molecule has 19 heteroatoms. The van der Waals surface area contributed by atoms with Crippen molar-refractivity contribution in [2.24, 2.45) is 17.3 Å². The van der Waals surface area contributed by atoms with Crippen LogP contribution in [0.1, 0.15) is 87.2 Å². The first-order valence-corrected chi connectivity index (χ1v) is 25.2. The van der Waals surface area contributed by atoms with Gasteiger partial charge >= 0.3 is 12.2 Å². The van der Waals surface area contributed by atoms with E-state index in [0.29, 0.717) is 75.6 Å². The summed E-state index contributed by atoms with van der Waals surface area (Å²) in [6.45, 7) is 8.12. The average Bonchev–Trinajstić information content (AvgIpc) is 3.97. The standard InChI is InChI=1S/C50H54F2N8O8S/c1-25(2)40(57-47(63)67-4)45(61)59-24-49(15-16-49)21-39(59)43-53-22-38(56-43)29-9-13-33-32-12-8-27(18-34(32)50(51,52)35(33)19-29)28-10-14-36-37(20-28)55-44(54-36)42-30-7-11-31(17-30)60(42)46(62)41(58-48(64)68-5)26(3)23-69(6,65)66/h8-10,12-14,18-20,22,25,30-31,39-42H,3,7,11,15-17,21,23-24H2,1-2,4-6H3,(H,53,56)(H,54,55)(H,57,63)(H,58,64)/t30-,31+,39-,40-,41-,42-/m0/s1. The predicted octanol–water partition coefficient (Wildman–Crippen LogP) is 7.55. The van der Waals surface area contributed by atoms with Crippen molar-refractivity contribution < 1.29 is 45.9 Å². The number of benzene rings is 3. The van der Waals surface area contributed by atoms with Crippen LogP contribution in [0.5, 0.6) is 0 Å². The van der Waals surface area contributed by atoms with Crippen molar-refractivity contribution in [2.45, 2.75) is 88.5 Å². The van der Waals surface area contributed by atoms with Crippen molar-refractivity contribution in [3.8, 4) is 33.5 Å². The molecule has 3 aliphatic carbocycles. The van der Waals surface area contributed by atoms with Gasteiger partial charge in [0.1, 0.15) is 23.7 Å². The first-order chi connectivity index (χ1) is 32.8. The molecule has 69 heavy (non-hydrogen) atoms. The summed E-state index contributed by atoms with van der Waals surface area (Å²) in [6, 6.07) is 12.3. The number of alkyl halides is 2. The number of likely N-dealkylation sites (tertiary alicyclic amines) is 2. The molecule has 2 aromatic heterocycles. The summed E-state index contributed by atoms with van der Waals surface area (Å²) in [6.07, 6.45) is 6.09. The van der Waals surface area contributed by atoms with Gasteiger partial charge in [-0.1, -0.05) is 50.8 Å². The van der Waals surface area contributed by atoms with E-state index in [-0.39, 0.29) is 51.9 Å². The number of methoxy groups -OCH3 is 2. The largest absolute Gasteiger partial charge is 0.453 e. The van der Waals surface area contributed by atoms with E-state index in [4.69, 9.17) is 19.4 Å². The topological polar surface area (TPSA) is 209 Å². The van der Waals surface area contributed by atoms with Crippen molar-refractivity contribution in [3.05, 3.63) is 95.7 Å². The lowest BCUT2D eigenvalue weighted by Crippen LogP contribution is -2.53. The fraction of sp³-hybridized carbons (Fsp3) is 0.440. The van der Waals surface area contributed by atoms with Crippen LogP contribution < -0.4 is 10.6 Å². The number of aromatic nitrogens is 4. The van der Waals surface area contributed by atoms with Gasteiger partial charge in [-0.15, -0.1) is 0 Å². The van der Waals surface area contributed by atoms with Crippen molar-refractivity contribution >= 4 is 44.9 Å². The fourth-order valence-electron chi connectivity index (χ4n) is 11.3. The first kappa shape index (κ1) is 46.1. The molecular weight excluding hydrogens is 911 g/mol. The highest BCUT2D eigenvalue weighted by molar-refractivity contribution is 7.90. The van der Waals surface area contributed by atoms with Crippen LogP contribution in [0.2, 0.25) is 0 Å². The fourth-order valence-corrected chi connectivity index (χ4v) is 12.1. The van der Waals surface area contributed by atoms with Gasteiger partial charge in [-0.25, -0.2) is 28.0 Å². The third kappa shape index (κ3) is 8.21. The van der Waals surface area contributed by atoms with E-state index < -0.39 is 57.7 Å². The van der Waals surface area contributed by atoms with Crippen LogP contribution in [0.25, 0.3) is 44.5 Å². The van der Waals surface area contributed by atoms with Gasteiger partial charge in [0, 0.05) is 41.7 Å². The van der Waals surface area contributed by atoms with Crippen LogP contribution in [-0.2, 0) is 34.8 Å². The molecule has 0 radical (unpaired) electrons. The number of amides is 4. The van der Waals surface area contributed by atoms with E-state index in [1.54, 1.807) is 40.3 Å². The number of carbonyl (C=O) groups is 4. The van der Waals surface area contributed by atoms with Crippen molar-refractivity contribution in [1.29, 1.82) is 0 Å². The Morgan fingerprint density at radius 2 is 1.54 bits per heavy atom. The number of carbonyl (C=O) groups excluding carboxylic acids is 4. The molecule has 2 aliphatic heterocycles. The van der Waals surface area contributed by atoms with Crippen LogP contribution in [0.4, 0.5) is 18.4 Å². The minimum Gasteiger partial charge on any atom is -0.453 e. The molecule has 5 aromatic rings. The van der Waals surface area contributed by atoms with E-state index in [0.717, 1.165) is 39.0 Å². The molecule has 0 unspecified atom stereocenters. The van der Waals surface area contributed by atoms with Gasteiger partial charge in [0.25, 0.3) is 5.92 Å². The van der Waals surface area contributed by atoms with Crippen molar-refractivity contribution in [2.75, 3.05) is 32.8 Å². The smallest absolute Gasteiger partial charge is 0.407 e. The van der Waals surface area contributed by atoms with Gasteiger partial charge in [0.15, 0.2) is 9.84 Å². The Kier molecular flexibility index (Phi) is 11.2. The minimum atomic E-state index is -3.58. The van der Waals surface area contributed by atoms with Gasteiger partial charge in [0.2, 0.25) is 11.8 Å². The molecule has 6 atom stereocenters. The number of hydrogen-bond donors (Lipinski definition) is 4. The van der Waals surface area contributed by atoms with E-state index in [1.807, 2.05) is 32.0 Å². The molecule has 2 bridgehead atoms. The second-order valence-electron chi connectivity index (χ2n) is 19.9. The number of aromatic amines is 2. The summed E-state index contributed by atoms with van der Waals surface area (Å²) < 4.78 is 67.4. The summed E-state index contributed by atoms with van der Waals surface area (Å²) in [5.41, 5.74) is 4.04. The second-order valence-corrected chi connectivity index (χ2v) is 22.0. The first-order valence-electron chi connectivity index (χ1n) is 23.2. The maximum atomic E-state index is 16.7. The normalized spacial score (nSPS) is 22.4. The maximum Gasteiger partial charge on any atom is 0.407 e. The van der Waals surface area contributed by atoms with Crippen molar-refractivity contribution in [1.82, 2.24) is 40.4 Å². The SMILES string of the molecule is C=C(CS(C)(=O)=O)[C@H](NC(=O)OC)C(=O)N1[C@@H]2CC[C@@H](C2)[C@H]1c1nc2ccc(-c3ccc4c(c3)C(F)(F)c3cc(-c5c[nH]c([C@@H]6CC7(CC7)CN6C(=O)[C@@H](NC(=O)OC)C(C)C)n5)ccc3-4)cc2[nH]1. The molecule has 362 valence electrons. The molecule has 3 aromatic carbocycles. The predicted molar refractivity (Wildman–Crippen MR) is 251 cm³/mol. The summed E-state index contributed by atoms with van der Waals surface area (Å²) in [5, 5.41) is 5.18. The molecule has 16 nitrogen and oxygen atoms in total. The van der Waals surface area contributed by atoms with Gasteiger partial charge < -0.3 is 39.9 Å². The Balaban J connectivity index is 0.895. The van der Waals surface area contributed by atoms with E-state index in [2.05, 4.69) is 27.2 Å². The van der Waals surface area contributed by atoms with E-state index in [9.17, 15) is 27.6 Å². The van der Waals surface area contributed by atoms with Crippen LogP contribution >= 0.6 is 0 Å². The molecular formula is C50H54F2N8O8S. The Labute approximate surface area is 397 Å². The highest BCUT2D eigenvalue weighted by atomic mass is 32.2. The lowest BCUT2D eigenvalue weighted by Gasteiger charge is -2.37. The van der Waals surface area contributed by atoms with Crippen LogP contribution in [0, 0.1) is 17.3 Å². The van der Waals surface area contributed by atoms with E-state index in [1.165, 1.54) is 19.2 Å². The number of nitrogens with one attached hydrogen (secondary N) is 4. The van der Waals surface area contributed by atoms with Crippen molar-refractivity contribution in [3.63, 3.8) is 0 Å². The monoisotopic (exact) mass is 964 g/mol. The zero-order valence-electron chi connectivity index (χ0n) is 38.9. The lowest BCUT2D eigenvalue weighted by molar-refractivity contribution is -0.137. The highest BCUT2D eigenvalue weighted by Crippen LogP contribution is 2.59. The van der Waals surface area contributed by atoms with Gasteiger partial charge in [-0.05, 0) is 108 Å². The second kappa shape index (κ2) is 16.8. The van der Waals surface area contributed by atoms with Gasteiger partial charge in [-0.3, -0.25) is 9.59 Å². The van der Waals surface area contributed by atoms with Crippen LogP contribution in [0.15, 0.2) is 72.9 Å². The third-order valence-electron chi connectivity index (χ3n) is 14.9. The lowest BCUT2D eigenvalue weighted by atomic mass is 9.96. The minimum absolute atomic E-state index is 0.00892. The Bertz CT molecular complexity index is 3070. The maximum absolute atomic E-state index is 16.7. The highest BCUT2D eigenvalue weighted by Gasteiger charge is 2.56. The number of hydrogen-bond acceptors (Lipinski definition) is 10. The Morgan fingerprint density at radius 1 is 0.884 bits per heavy atom. The molecule has 10 rings (SSSR count). The Hall–Kier alpha value is -6.63. The molecule has 4 N–H and O–H groups in total. The van der Waals surface area contributed by atoms with Crippen LogP contribution in [0.3, 0.4) is 0 Å². The number of fused-ring (bicyclic) bond motifs is 6. The third-order valence-corrected chi connectivity index (χ3v) is 15.8. The molecule has 5 aliphatic rings. The quantitative estimate of drug-likeness (QED) is 0.0903. The zero-order chi connectivity index (χ0) is 48.9. The summed E-state index contributed by atoms with van der Waals surface area (Å²) in [5.74, 6) is -3.63. The number of nitrogens with zero attached hydrogens (tertiary/aromatic N) is 4. The molecule has 4 amide bonds. The number of sulfone groups is 1. The Morgan fingerprint density at radius 3 is 2.20 bits per heavy atom. The number of halogens is 2. The number of rotatable bonds is 12. The number of imidazole rings is 2. The number of piperidine rings is 1. The summed E-state index contributed by atoms with van der Waals surface area (Å²) in [7, 11) is -1.18. The molecule has 2 saturated heterocycles. The van der Waals surface area contributed by atoms with E-state index >= 15 is 8.78 Å². The number of ether oxygens (including phenoxy) is 2. The summed E-state index contributed by atoms with van der Waals surface area (Å²) >= 11 is 0. The molecule has 4 fully saturated rings. The van der Waals surface area contributed by atoms with Gasteiger partial charge in [-0.2, -0.15) is 8.78 Å². The average molecular weight is 965 g/mol. The zero-order valence-corrected chi connectivity index (χ0v) is 39.7. The molecule has 2 saturated carbocycles. The molecule has 4 heterocycles. The van der Waals surface area contributed by atoms with Crippen LogP contribution in [-0.4, -0.2) is 113 Å². The number of alkyl carbamates (subject to hydrolysis) is 2. The summed E-state index contributed by atoms with van der Waals surface area (Å²) in [4.78, 5) is 72.7.